The Morgan fingerprint density at radius 1 is 1.33 bits per heavy atom. The molecule has 1 aromatic carbocycles. The van der Waals surface area contributed by atoms with E-state index < -0.39 is 16.6 Å². The lowest BCUT2D eigenvalue weighted by Crippen LogP contribution is -2.31. The molecule has 1 heterocycles. The maximum Gasteiger partial charge on any atom is 0.299 e. The van der Waals surface area contributed by atoms with Crippen LogP contribution in [0.2, 0.25) is 0 Å². The van der Waals surface area contributed by atoms with E-state index in [-0.39, 0.29) is 11.3 Å². The van der Waals surface area contributed by atoms with Crippen LogP contribution in [0, 0.1) is 16.0 Å². The molecule has 1 aliphatic heterocycles. The van der Waals surface area contributed by atoms with Crippen molar-refractivity contribution < 1.29 is 14.5 Å². The standard InChI is InChI=1S/C12H10N2O4/c15-11-9-5-8(14(17)18)3-4-10(9)13(12(11)16)6-7-1-2-7/h3-5,7H,1-2,6H2. The molecule has 0 aromatic heterocycles. The van der Waals surface area contributed by atoms with Gasteiger partial charge in [0.1, 0.15) is 0 Å². The van der Waals surface area contributed by atoms with Gasteiger partial charge in [0.25, 0.3) is 17.4 Å². The van der Waals surface area contributed by atoms with E-state index in [4.69, 9.17) is 0 Å². The van der Waals surface area contributed by atoms with Crippen LogP contribution in [-0.4, -0.2) is 23.2 Å². The van der Waals surface area contributed by atoms with E-state index in [1.54, 1.807) is 0 Å². The number of nitro groups is 1. The van der Waals surface area contributed by atoms with Gasteiger partial charge in [0.05, 0.1) is 16.2 Å². The highest BCUT2D eigenvalue weighted by molar-refractivity contribution is 6.52. The molecule has 1 fully saturated rings. The minimum Gasteiger partial charge on any atom is -0.304 e. The Morgan fingerprint density at radius 2 is 2.06 bits per heavy atom. The molecule has 0 unspecified atom stereocenters. The number of nitro benzene ring substituents is 1. The smallest absolute Gasteiger partial charge is 0.299 e. The molecule has 18 heavy (non-hydrogen) atoms. The number of benzene rings is 1. The molecule has 6 heteroatoms. The Kier molecular flexibility index (Phi) is 2.19. The first-order valence-electron chi connectivity index (χ1n) is 5.72. The fourth-order valence-corrected chi connectivity index (χ4v) is 2.14. The highest BCUT2D eigenvalue weighted by Crippen LogP contribution is 2.37. The van der Waals surface area contributed by atoms with Crippen LogP contribution in [0.4, 0.5) is 11.4 Å². The predicted octanol–water partition coefficient (Wildman–Crippen LogP) is 1.53. The van der Waals surface area contributed by atoms with Crippen molar-refractivity contribution in [3.8, 4) is 0 Å². The van der Waals surface area contributed by atoms with Gasteiger partial charge in [0.15, 0.2) is 0 Å². The minimum absolute atomic E-state index is 0.148. The summed E-state index contributed by atoms with van der Waals surface area (Å²) in [7, 11) is 0. The molecular weight excluding hydrogens is 236 g/mol. The maximum absolute atomic E-state index is 11.8. The largest absolute Gasteiger partial charge is 0.304 e. The van der Waals surface area contributed by atoms with E-state index in [2.05, 4.69) is 0 Å². The molecule has 1 saturated carbocycles. The van der Waals surface area contributed by atoms with Crippen LogP contribution < -0.4 is 4.90 Å². The van der Waals surface area contributed by atoms with Crippen molar-refractivity contribution in [2.24, 2.45) is 5.92 Å². The third kappa shape index (κ3) is 1.57. The Balaban J connectivity index is 2.02. The monoisotopic (exact) mass is 246 g/mol. The van der Waals surface area contributed by atoms with Gasteiger partial charge in [-0.3, -0.25) is 19.7 Å². The van der Waals surface area contributed by atoms with E-state index >= 15 is 0 Å². The predicted molar refractivity (Wildman–Crippen MR) is 62.5 cm³/mol. The Hall–Kier alpha value is -2.24. The summed E-state index contributed by atoms with van der Waals surface area (Å²) in [6.07, 6.45) is 2.14. The van der Waals surface area contributed by atoms with Gasteiger partial charge in [-0.1, -0.05) is 0 Å². The van der Waals surface area contributed by atoms with Gasteiger partial charge in [0.2, 0.25) is 0 Å². The number of rotatable bonds is 3. The lowest BCUT2D eigenvalue weighted by Gasteiger charge is -2.15. The summed E-state index contributed by atoms with van der Waals surface area (Å²) >= 11 is 0. The van der Waals surface area contributed by atoms with Crippen molar-refractivity contribution in [3.63, 3.8) is 0 Å². The third-order valence-electron chi connectivity index (χ3n) is 3.30. The van der Waals surface area contributed by atoms with Crippen molar-refractivity contribution >= 4 is 23.1 Å². The molecule has 0 atom stereocenters. The van der Waals surface area contributed by atoms with Crippen LogP contribution >= 0.6 is 0 Å². The zero-order valence-corrected chi connectivity index (χ0v) is 9.46. The highest BCUT2D eigenvalue weighted by Gasteiger charge is 2.39. The van der Waals surface area contributed by atoms with E-state index in [0.29, 0.717) is 18.2 Å². The molecular formula is C12H10N2O4. The van der Waals surface area contributed by atoms with E-state index in [1.165, 1.54) is 23.1 Å². The van der Waals surface area contributed by atoms with Crippen molar-refractivity contribution in [1.29, 1.82) is 0 Å². The highest BCUT2D eigenvalue weighted by atomic mass is 16.6. The fourth-order valence-electron chi connectivity index (χ4n) is 2.14. The summed E-state index contributed by atoms with van der Waals surface area (Å²) in [5.41, 5.74) is 0.487. The molecule has 1 aromatic rings. The zero-order valence-electron chi connectivity index (χ0n) is 9.46. The first-order chi connectivity index (χ1) is 8.58. The molecule has 0 saturated heterocycles. The molecule has 0 N–H and O–H groups in total. The summed E-state index contributed by atoms with van der Waals surface area (Å²) in [6, 6.07) is 3.99. The summed E-state index contributed by atoms with van der Waals surface area (Å²) in [4.78, 5) is 35.1. The van der Waals surface area contributed by atoms with E-state index in [0.717, 1.165) is 12.8 Å². The number of nitrogens with zero attached hydrogens (tertiary/aromatic N) is 2. The Bertz CT molecular complexity index is 577. The first kappa shape index (κ1) is 10.9. The maximum atomic E-state index is 11.8. The van der Waals surface area contributed by atoms with E-state index in [9.17, 15) is 19.7 Å². The topological polar surface area (TPSA) is 80.5 Å². The van der Waals surface area contributed by atoms with Gasteiger partial charge in [-0.25, -0.2) is 0 Å². The molecule has 1 aliphatic carbocycles. The number of ketones is 1. The molecule has 2 aliphatic rings. The first-order valence-corrected chi connectivity index (χ1v) is 5.72. The zero-order chi connectivity index (χ0) is 12.9. The number of fused-ring (bicyclic) bond motifs is 1. The molecule has 92 valence electrons. The minimum atomic E-state index is -0.644. The van der Waals surface area contributed by atoms with E-state index in [1.807, 2.05) is 0 Å². The SMILES string of the molecule is O=C1C(=O)N(CC2CC2)c2ccc([N+](=O)[O-])cc21. The molecule has 0 spiro atoms. The lowest BCUT2D eigenvalue weighted by molar-refractivity contribution is -0.384. The number of hydrogen-bond acceptors (Lipinski definition) is 4. The quantitative estimate of drug-likeness (QED) is 0.460. The second-order valence-electron chi connectivity index (χ2n) is 4.65. The van der Waals surface area contributed by atoms with Crippen LogP contribution in [0.15, 0.2) is 18.2 Å². The van der Waals surface area contributed by atoms with Crippen LogP contribution in [0.25, 0.3) is 0 Å². The Morgan fingerprint density at radius 3 is 2.67 bits per heavy atom. The van der Waals surface area contributed by atoms with Crippen LogP contribution in [0.5, 0.6) is 0 Å². The average Bonchev–Trinajstić information content (AvgIpc) is 3.13. The van der Waals surface area contributed by atoms with Gasteiger partial charge in [-0.15, -0.1) is 0 Å². The number of hydrogen-bond donors (Lipinski definition) is 0. The Labute approximate surface area is 102 Å². The number of Topliss-reactive ketones (excluding diaryl/α,β-unsaturated/α-hetero) is 1. The number of non-ortho nitro benzene ring substituents is 1. The van der Waals surface area contributed by atoms with Gasteiger partial charge in [0, 0.05) is 18.7 Å². The number of carbonyl (C=O) groups excluding carboxylic acids is 2. The lowest BCUT2D eigenvalue weighted by atomic mass is 10.1. The van der Waals surface area contributed by atoms with Crippen molar-refractivity contribution in [3.05, 3.63) is 33.9 Å². The van der Waals surface area contributed by atoms with Gasteiger partial charge >= 0.3 is 0 Å². The summed E-state index contributed by atoms with van der Waals surface area (Å²) in [5, 5.41) is 10.7. The summed E-state index contributed by atoms with van der Waals surface area (Å²) < 4.78 is 0. The number of amides is 1. The van der Waals surface area contributed by atoms with Gasteiger partial charge in [-0.05, 0) is 24.8 Å². The average molecular weight is 246 g/mol. The molecule has 6 nitrogen and oxygen atoms in total. The van der Waals surface area contributed by atoms with Crippen LogP contribution in [-0.2, 0) is 4.79 Å². The normalized spacial score (nSPS) is 18.1. The van der Waals surface area contributed by atoms with Crippen LogP contribution in [0.1, 0.15) is 23.2 Å². The van der Waals surface area contributed by atoms with Gasteiger partial charge in [-0.2, -0.15) is 0 Å². The second-order valence-corrected chi connectivity index (χ2v) is 4.65. The number of carbonyl (C=O) groups is 2. The molecule has 0 bridgehead atoms. The molecule has 0 radical (unpaired) electrons. The summed E-state index contributed by atoms with van der Waals surface area (Å²) in [5.74, 6) is -0.755. The van der Waals surface area contributed by atoms with Crippen LogP contribution in [0.3, 0.4) is 0 Å². The molecule has 3 rings (SSSR count). The van der Waals surface area contributed by atoms with Crippen molar-refractivity contribution in [1.82, 2.24) is 0 Å². The molecule has 1 amide bonds. The van der Waals surface area contributed by atoms with Crippen molar-refractivity contribution in [2.45, 2.75) is 12.8 Å². The third-order valence-corrected chi connectivity index (χ3v) is 3.30. The van der Waals surface area contributed by atoms with Gasteiger partial charge < -0.3 is 4.90 Å². The summed E-state index contributed by atoms with van der Waals surface area (Å²) in [6.45, 7) is 0.537. The second kappa shape index (κ2) is 3.63. The fraction of sp³-hybridized carbons (Fsp3) is 0.333. The van der Waals surface area contributed by atoms with Crippen molar-refractivity contribution in [2.75, 3.05) is 11.4 Å². The number of anilines is 1.